The number of benzene rings is 1. The van der Waals surface area contributed by atoms with Crippen molar-refractivity contribution in [1.82, 2.24) is 10.2 Å². The van der Waals surface area contributed by atoms with Crippen LogP contribution in [0, 0.1) is 6.92 Å². The quantitative estimate of drug-likeness (QED) is 0.639. The molecule has 0 heterocycles. The number of hydrogen-bond acceptors (Lipinski definition) is 5. The van der Waals surface area contributed by atoms with Gasteiger partial charge in [-0.1, -0.05) is 38.8 Å². The van der Waals surface area contributed by atoms with Crippen LogP contribution in [0.15, 0.2) is 22.6 Å². The number of rotatable bonds is 8. The maximum absolute atomic E-state index is 13.7. The van der Waals surface area contributed by atoms with Crippen molar-refractivity contribution in [3.05, 3.63) is 29.3 Å². The SMILES string of the molecule is CCCCC(CC)N(C(=O)C1(c2ccc(C)c(N=S(=O)=O)c2)CC1)C(=S)NC. The van der Waals surface area contributed by atoms with Crippen molar-refractivity contribution in [3.8, 4) is 0 Å². The second-order valence-electron chi connectivity index (χ2n) is 7.33. The maximum Gasteiger partial charge on any atom is 0.316 e. The molecule has 1 aromatic rings. The lowest BCUT2D eigenvalue weighted by molar-refractivity contribution is -0.132. The Morgan fingerprint density at radius 3 is 2.54 bits per heavy atom. The van der Waals surface area contributed by atoms with Crippen molar-refractivity contribution in [2.24, 2.45) is 4.36 Å². The molecule has 1 atom stereocenters. The zero-order valence-corrected chi connectivity index (χ0v) is 18.6. The minimum Gasteiger partial charge on any atom is -0.365 e. The van der Waals surface area contributed by atoms with Gasteiger partial charge < -0.3 is 5.32 Å². The lowest BCUT2D eigenvalue weighted by Crippen LogP contribution is -2.52. The summed E-state index contributed by atoms with van der Waals surface area (Å²) in [5.41, 5.74) is 1.29. The van der Waals surface area contributed by atoms with Crippen molar-refractivity contribution in [1.29, 1.82) is 0 Å². The van der Waals surface area contributed by atoms with E-state index in [9.17, 15) is 13.2 Å². The van der Waals surface area contributed by atoms with E-state index in [4.69, 9.17) is 12.2 Å². The van der Waals surface area contributed by atoms with E-state index in [2.05, 4.69) is 23.5 Å². The normalized spacial score (nSPS) is 15.4. The Kier molecular flexibility index (Phi) is 7.71. The highest BCUT2D eigenvalue weighted by Crippen LogP contribution is 2.51. The van der Waals surface area contributed by atoms with Crippen molar-refractivity contribution in [2.45, 2.75) is 70.8 Å². The molecular formula is C20H29N3O3S2. The molecule has 154 valence electrons. The number of nitrogens with one attached hydrogen (secondary N) is 1. The number of amides is 1. The molecule has 1 N–H and O–H groups in total. The molecule has 1 aromatic carbocycles. The summed E-state index contributed by atoms with van der Waals surface area (Å²) in [6.07, 6.45) is 5.27. The summed E-state index contributed by atoms with van der Waals surface area (Å²) < 4.78 is 25.7. The molecule has 0 bridgehead atoms. The second kappa shape index (κ2) is 9.60. The molecule has 1 aliphatic carbocycles. The van der Waals surface area contributed by atoms with Crippen LogP contribution in [0.1, 0.15) is 63.5 Å². The Labute approximate surface area is 174 Å². The first-order valence-electron chi connectivity index (χ1n) is 9.78. The molecule has 0 aromatic heterocycles. The minimum atomic E-state index is -2.53. The van der Waals surface area contributed by atoms with Crippen LogP contribution in [0.5, 0.6) is 0 Å². The standard InChI is InChI=1S/C20H29N3O3S2/c1-5-7-8-16(6-2)23(19(27)21-4)18(24)20(11-12-20)15-10-9-14(3)17(13-15)22-28(25)26/h9-10,13,16H,5-8,11-12H2,1-4H3,(H,21,27). The Bertz CT molecular complexity index is 869. The van der Waals surface area contributed by atoms with Crippen LogP contribution < -0.4 is 5.32 Å². The van der Waals surface area contributed by atoms with Gasteiger partial charge in [-0.3, -0.25) is 9.69 Å². The predicted octanol–water partition coefficient (Wildman–Crippen LogP) is 4.02. The summed E-state index contributed by atoms with van der Waals surface area (Å²) in [5.74, 6) is -0.00662. The van der Waals surface area contributed by atoms with Crippen molar-refractivity contribution < 1.29 is 13.2 Å². The zero-order chi connectivity index (χ0) is 20.9. The van der Waals surface area contributed by atoms with E-state index in [1.807, 2.05) is 12.1 Å². The van der Waals surface area contributed by atoms with Crippen LogP contribution in [0.4, 0.5) is 5.69 Å². The van der Waals surface area contributed by atoms with Crippen molar-refractivity contribution in [3.63, 3.8) is 0 Å². The average molecular weight is 424 g/mol. The fourth-order valence-electron chi connectivity index (χ4n) is 3.57. The molecule has 6 nitrogen and oxygen atoms in total. The molecular weight excluding hydrogens is 394 g/mol. The number of unbranched alkanes of at least 4 members (excludes halogenated alkanes) is 1. The molecule has 0 aliphatic heterocycles. The lowest BCUT2D eigenvalue weighted by atomic mass is 9.91. The van der Waals surface area contributed by atoms with Crippen LogP contribution in [-0.2, 0) is 20.7 Å². The molecule has 0 saturated heterocycles. The molecule has 1 aliphatic rings. The highest BCUT2D eigenvalue weighted by molar-refractivity contribution is 7.80. The molecule has 0 spiro atoms. The van der Waals surface area contributed by atoms with Gasteiger partial charge in [0.2, 0.25) is 5.91 Å². The van der Waals surface area contributed by atoms with Crippen molar-refractivity contribution in [2.75, 3.05) is 7.05 Å². The fraction of sp³-hybridized carbons (Fsp3) is 0.600. The summed E-state index contributed by atoms with van der Waals surface area (Å²) >= 11 is 5.49. The fourth-order valence-corrected chi connectivity index (χ4v) is 4.16. The molecule has 1 amide bonds. The van der Waals surface area contributed by atoms with E-state index < -0.39 is 15.9 Å². The van der Waals surface area contributed by atoms with E-state index >= 15 is 0 Å². The monoisotopic (exact) mass is 423 g/mol. The number of hydrogen-bond donors (Lipinski definition) is 1. The van der Waals surface area contributed by atoms with Gasteiger partial charge in [-0.2, -0.15) is 8.42 Å². The van der Waals surface area contributed by atoms with E-state index in [-0.39, 0.29) is 11.9 Å². The summed E-state index contributed by atoms with van der Waals surface area (Å²) in [5, 5.41) is 3.41. The molecule has 8 heteroatoms. The second-order valence-corrected chi connectivity index (χ2v) is 8.33. The molecule has 1 fully saturated rings. The maximum atomic E-state index is 13.7. The minimum absolute atomic E-state index is 0.00662. The van der Waals surface area contributed by atoms with E-state index in [1.165, 1.54) is 0 Å². The molecule has 1 saturated carbocycles. The van der Waals surface area contributed by atoms with Gasteiger partial charge in [0.25, 0.3) is 0 Å². The van der Waals surface area contributed by atoms with Gasteiger partial charge in [-0.15, -0.1) is 4.36 Å². The van der Waals surface area contributed by atoms with Gasteiger partial charge >= 0.3 is 10.5 Å². The summed E-state index contributed by atoms with van der Waals surface area (Å²) in [6, 6.07) is 5.50. The summed E-state index contributed by atoms with van der Waals surface area (Å²) in [7, 11) is -0.796. The Balaban J connectivity index is 2.44. The van der Waals surface area contributed by atoms with Gasteiger partial charge in [-0.25, -0.2) is 0 Å². The number of carbonyl (C=O) groups is 1. The van der Waals surface area contributed by atoms with E-state index in [0.29, 0.717) is 10.8 Å². The first kappa shape index (κ1) is 22.5. The van der Waals surface area contributed by atoms with E-state index in [0.717, 1.165) is 49.7 Å². The molecule has 0 radical (unpaired) electrons. The predicted molar refractivity (Wildman–Crippen MR) is 115 cm³/mol. The summed E-state index contributed by atoms with van der Waals surface area (Å²) in [4.78, 5) is 15.4. The van der Waals surface area contributed by atoms with Gasteiger partial charge in [-0.05, 0) is 62.0 Å². The van der Waals surface area contributed by atoms with Gasteiger partial charge in [0.1, 0.15) is 0 Å². The lowest BCUT2D eigenvalue weighted by Gasteiger charge is -2.34. The third-order valence-electron chi connectivity index (χ3n) is 5.47. The Morgan fingerprint density at radius 1 is 1.36 bits per heavy atom. The highest BCUT2D eigenvalue weighted by Gasteiger charge is 2.54. The number of carbonyl (C=O) groups excluding carboxylic acids is 1. The Hall–Kier alpha value is -1.80. The van der Waals surface area contributed by atoms with Crippen LogP contribution >= 0.6 is 12.2 Å². The number of thiocarbonyl (C=S) groups is 1. The topological polar surface area (TPSA) is 78.8 Å². The first-order chi connectivity index (χ1) is 13.3. The van der Waals surface area contributed by atoms with Gasteiger partial charge in [0.15, 0.2) is 5.11 Å². The number of aryl methyl sites for hydroxylation is 1. The average Bonchev–Trinajstić information content (AvgIpc) is 3.47. The zero-order valence-electron chi connectivity index (χ0n) is 17.0. The van der Waals surface area contributed by atoms with Crippen LogP contribution in [0.25, 0.3) is 0 Å². The molecule has 2 rings (SSSR count). The number of nitrogens with zero attached hydrogens (tertiary/aromatic N) is 2. The summed E-state index contributed by atoms with van der Waals surface area (Å²) in [6.45, 7) is 6.01. The van der Waals surface area contributed by atoms with Crippen LogP contribution in [0.2, 0.25) is 0 Å². The molecule has 28 heavy (non-hydrogen) atoms. The third-order valence-corrected chi connectivity index (χ3v) is 6.22. The third kappa shape index (κ3) is 4.78. The van der Waals surface area contributed by atoms with Gasteiger partial charge in [0.05, 0.1) is 11.1 Å². The largest absolute Gasteiger partial charge is 0.365 e. The van der Waals surface area contributed by atoms with Crippen LogP contribution in [0.3, 0.4) is 0 Å². The highest BCUT2D eigenvalue weighted by atomic mass is 32.2. The smallest absolute Gasteiger partial charge is 0.316 e. The van der Waals surface area contributed by atoms with E-state index in [1.54, 1.807) is 24.9 Å². The first-order valence-corrected chi connectivity index (χ1v) is 11.2. The van der Waals surface area contributed by atoms with Crippen LogP contribution in [-0.4, -0.2) is 37.4 Å². The van der Waals surface area contributed by atoms with Crippen molar-refractivity contribution >= 4 is 39.4 Å². The molecule has 1 unspecified atom stereocenters. The Morgan fingerprint density at radius 2 is 2.04 bits per heavy atom. The van der Waals surface area contributed by atoms with Gasteiger partial charge in [0, 0.05) is 13.1 Å².